The summed E-state index contributed by atoms with van der Waals surface area (Å²) in [6, 6.07) is 4.92. The fourth-order valence-corrected chi connectivity index (χ4v) is 4.94. The van der Waals surface area contributed by atoms with Crippen LogP contribution in [0.5, 0.6) is 17.4 Å². The summed E-state index contributed by atoms with van der Waals surface area (Å²) in [6.07, 6.45) is 3.52. The number of fused-ring (bicyclic) bond motifs is 1. The van der Waals surface area contributed by atoms with Crippen molar-refractivity contribution in [1.82, 2.24) is 24.8 Å². The van der Waals surface area contributed by atoms with Crippen molar-refractivity contribution in [3.63, 3.8) is 0 Å². The van der Waals surface area contributed by atoms with Gasteiger partial charge in [0.2, 0.25) is 5.88 Å². The van der Waals surface area contributed by atoms with Crippen molar-refractivity contribution in [3.8, 4) is 17.4 Å². The number of hydrogen-bond acceptors (Lipinski definition) is 9. The highest BCUT2D eigenvalue weighted by atomic mass is 32.1. The summed E-state index contributed by atoms with van der Waals surface area (Å²) in [5.41, 5.74) is 1.51. The molecule has 0 bridgehead atoms. The summed E-state index contributed by atoms with van der Waals surface area (Å²) < 4.78 is 23.4. The zero-order valence-corrected chi connectivity index (χ0v) is 21.2. The quantitative estimate of drug-likeness (QED) is 0.375. The highest BCUT2D eigenvalue weighted by Crippen LogP contribution is 2.36. The molecule has 0 aliphatic rings. The number of carbonyl (C=O) groups is 1. The lowest BCUT2D eigenvalue weighted by atomic mass is 10.0. The third-order valence-corrected chi connectivity index (χ3v) is 6.76. The minimum absolute atomic E-state index is 0.240. The molecule has 0 saturated heterocycles. The van der Waals surface area contributed by atoms with Crippen LogP contribution in [0.15, 0.2) is 30.6 Å². The molecule has 4 rings (SSSR count). The second-order valence-corrected chi connectivity index (χ2v) is 8.77. The van der Waals surface area contributed by atoms with Gasteiger partial charge in [-0.1, -0.05) is 0 Å². The SMILES string of the molecule is COCc1nc(OC)c2c(C)c(C(=O)NC(c3cc(OC)cc(OC)c3)c3nccn3C)sc2n1. The molecule has 4 aromatic rings. The Labute approximate surface area is 206 Å². The summed E-state index contributed by atoms with van der Waals surface area (Å²) >= 11 is 1.28. The number of nitrogens with one attached hydrogen (secondary N) is 1. The summed E-state index contributed by atoms with van der Waals surface area (Å²) in [4.78, 5) is 28.3. The molecule has 11 heteroatoms. The van der Waals surface area contributed by atoms with Gasteiger partial charge in [-0.2, -0.15) is 4.98 Å². The number of hydrogen-bond donors (Lipinski definition) is 1. The van der Waals surface area contributed by atoms with Crippen molar-refractivity contribution < 1.29 is 23.7 Å². The van der Waals surface area contributed by atoms with Gasteiger partial charge in [0.15, 0.2) is 5.82 Å². The number of rotatable bonds is 9. The fourth-order valence-electron chi connectivity index (χ4n) is 3.85. The average molecular weight is 498 g/mol. The Balaban J connectivity index is 1.78. The van der Waals surface area contributed by atoms with E-state index in [1.807, 2.05) is 36.9 Å². The zero-order chi connectivity index (χ0) is 25.1. The number of aromatic nitrogens is 4. The molecule has 0 fully saturated rings. The van der Waals surface area contributed by atoms with Crippen LogP contribution in [0.1, 0.15) is 38.5 Å². The largest absolute Gasteiger partial charge is 0.497 e. The summed E-state index contributed by atoms with van der Waals surface area (Å²) in [5.74, 6) is 2.50. The third kappa shape index (κ3) is 4.77. The standard InChI is InChI=1S/C24H27N5O5S/c1-13-18-23(34-6)26-17(12-31-3)27-24(18)35-20(13)22(30)28-19(21-25-7-8-29(21)2)14-9-15(32-4)11-16(10-14)33-5/h7-11,19H,12H2,1-6H3,(H,28,30). The highest BCUT2D eigenvalue weighted by molar-refractivity contribution is 7.20. The van der Waals surface area contributed by atoms with Crippen molar-refractivity contribution in [3.05, 3.63) is 58.2 Å². The lowest BCUT2D eigenvalue weighted by Crippen LogP contribution is -2.31. The van der Waals surface area contributed by atoms with E-state index >= 15 is 0 Å². The first-order valence-electron chi connectivity index (χ1n) is 10.7. The maximum atomic E-state index is 13.6. The van der Waals surface area contributed by atoms with Gasteiger partial charge in [-0.3, -0.25) is 4.79 Å². The number of nitrogens with zero attached hydrogens (tertiary/aromatic N) is 4. The Kier molecular flexibility index (Phi) is 7.17. The van der Waals surface area contributed by atoms with Crippen molar-refractivity contribution in [2.24, 2.45) is 7.05 Å². The van der Waals surface area contributed by atoms with Gasteiger partial charge in [0.25, 0.3) is 5.91 Å². The van der Waals surface area contributed by atoms with E-state index in [0.717, 1.165) is 11.1 Å². The maximum Gasteiger partial charge on any atom is 0.262 e. The van der Waals surface area contributed by atoms with Gasteiger partial charge >= 0.3 is 0 Å². The molecule has 3 heterocycles. The monoisotopic (exact) mass is 497 g/mol. The average Bonchev–Trinajstić information content (AvgIpc) is 3.44. The van der Waals surface area contributed by atoms with Crippen molar-refractivity contribution in [2.75, 3.05) is 28.4 Å². The predicted octanol–water partition coefficient (Wildman–Crippen LogP) is 3.42. The molecule has 10 nitrogen and oxygen atoms in total. The maximum absolute atomic E-state index is 13.6. The number of benzene rings is 1. The van der Waals surface area contributed by atoms with Crippen molar-refractivity contribution in [2.45, 2.75) is 19.6 Å². The minimum Gasteiger partial charge on any atom is -0.497 e. The first-order valence-corrected chi connectivity index (χ1v) is 11.6. The molecular weight excluding hydrogens is 470 g/mol. The lowest BCUT2D eigenvalue weighted by molar-refractivity contribution is 0.0944. The van der Waals surface area contributed by atoms with E-state index in [2.05, 4.69) is 20.3 Å². The highest BCUT2D eigenvalue weighted by Gasteiger charge is 2.27. The molecule has 0 aliphatic heterocycles. The lowest BCUT2D eigenvalue weighted by Gasteiger charge is -2.20. The van der Waals surface area contributed by atoms with Crippen LogP contribution in [0, 0.1) is 6.92 Å². The molecule has 1 amide bonds. The van der Waals surface area contributed by atoms with Gasteiger partial charge < -0.3 is 28.8 Å². The van der Waals surface area contributed by atoms with Crippen LogP contribution in [0.3, 0.4) is 0 Å². The van der Waals surface area contributed by atoms with Gasteiger partial charge in [-0.25, -0.2) is 9.97 Å². The molecule has 1 unspecified atom stereocenters. The number of thiophene rings is 1. The first kappa shape index (κ1) is 24.4. The van der Waals surface area contributed by atoms with Gasteiger partial charge in [-0.15, -0.1) is 11.3 Å². The van der Waals surface area contributed by atoms with Gasteiger partial charge in [0.05, 0.1) is 31.6 Å². The van der Waals surface area contributed by atoms with Gasteiger partial charge in [-0.05, 0) is 30.2 Å². The Hall–Kier alpha value is -3.70. The molecule has 1 N–H and O–H groups in total. The third-order valence-electron chi connectivity index (χ3n) is 5.58. The molecule has 0 aliphatic carbocycles. The van der Waals surface area contributed by atoms with Crippen molar-refractivity contribution in [1.29, 1.82) is 0 Å². The topological polar surface area (TPSA) is 110 Å². The number of aryl methyl sites for hydroxylation is 2. The summed E-state index contributed by atoms with van der Waals surface area (Å²) in [7, 11) is 8.16. The number of amides is 1. The number of methoxy groups -OCH3 is 4. The Morgan fingerprint density at radius 1 is 1.09 bits per heavy atom. The molecule has 1 atom stereocenters. The molecule has 0 spiro atoms. The first-order chi connectivity index (χ1) is 16.9. The molecule has 0 saturated carbocycles. The van der Waals surface area contributed by atoms with Gasteiger partial charge in [0, 0.05) is 32.6 Å². The Morgan fingerprint density at radius 3 is 2.37 bits per heavy atom. The van der Waals surface area contributed by atoms with E-state index in [4.69, 9.17) is 18.9 Å². The molecule has 1 aromatic carbocycles. The van der Waals surface area contributed by atoms with Crippen LogP contribution in [0.25, 0.3) is 10.2 Å². The van der Waals surface area contributed by atoms with Crippen LogP contribution >= 0.6 is 11.3 Å². The van der Waals surface area contributed by atoms with Crippen molar-refractivity contribution >= 4 is 27.5 Å². The molecule has 3 aromatic heterocycles. The number of imidazole rings is 1. The second-order valence-electron chi connectivity index (χ2n) is 7.77. The van der Waals surface area contributed by atoms with Crippen LogP contribution in [0.4, 0.5) is 0 Å². The normalized spacial score (nSPS) is 11.9. The van der Waals surface area contributed by atoms with E-state index in [1.54, 1.807) is 40.7 Å². The van der Waals surface area contributed by atoms with E-state index in [1.165, 1.54) is 11.3 Å². The van der Waals surface area contributed by atoms with E-state index in [-0.39, 0.29) is 12.5 Å². The molecule has 0 radical (unpaired) electrons. The van der Waals surface area contributed by atoms with Gasteiger partial charge in [0.1, 0.15) is 34.8 Å². The number of ether oxygens (including phenoxy) is 4. The Morgan fingerprint density at radius 2 is 1.80 bits per heavy atom. The zero-order valence-electron chi connectivity index (χ0n) is 20.4. The minimum atomic E-state index is -0.562. The van der Waals surface area contributed by atoms with E-state index in [0.29, 0.717) is 44.1 Å². The predicted molar refractivity (Wildman–Crippen MR) is 131 cm³/mol. The Bertz CT molecular complexity index is 1340. The molecule has 35 heavy (non-hydrogen) atoms. The van der Waals surface area contributed by atoms with Crippen LogP contribution in [0.2, 0.25) is 0 Å². The molecule has 184 valence electrons. The van der Waals surface area contributed by atoms with Crippen LogP contribution in [-0.2, 0) is 18.4 Å². The molecular formula is C24H27N5O5S. The summed E-state index contributed by atoms with van der Waals surface area (Å²) in [5, 5.41) is 3.85. The number of carbonyl (C=O) groups excluding carboxylic acids is 1. The van der Waals surface area contributed by atoms with E-state index < -0.39 is 6.04 Å². The fraction of sp³-hybridized carbons (Fsp3) is 0.333. The second kappa shape index (κ2) is 10.3. The summed E-state index contributed by atoms with van der Waals surface area (Å²) in [6.45, 7) is 2.10. The van der Waals surface area contributed by atoms with Crippen LogP contribution < -0.4 is 19.5 Å². The van der Waals surface area contributed by atoms with Crippen LogP contribution in [-0.4, -0.2) is 53.9 Å². The van der Waals surface area contributed by atoms with E-state index in [9.17, 15) is 4.79 Å². The smallest absolute Gasteiger partial charge is 0.262 e.